The maximum atomic E-state index is 12.4. The van der Waals surface area contributed by atoms with Crippen molar-refractivity contribution in [1.82, 2.24) is 15.1 Å². The molecule has 0 bridgehead atoms. The average Bonchev–Trinajstić information content (AvgIpc) is 2.38. The number of unbranched alkanes of at least 4 members (excludes halogenated alkanes) is 2. The fourth-order valence-electron chi connectivity index (χ4n) is 2.51. The number of piperazine rings is 1. The largest absolute Gasteiger partial charge is 0.342 e. The molecular weight excluding hydrogens is 238 g/mol. The van der Waals surface area contributed by atoms with E-state index in [-0.39, 0.29) is 0 Å². The molecular formula is C15H31N3O. The van der Waals surface area contributed by atoms with Crippen LogP contribution in [0.25, 0.3) is 0 Å². The molecule has 1 unspecified atom stereocenters. The van der Waals surface area contributed by atoms with Crippen molar-refractivity contribution in [2.24, 2.45) is 0 Å². The number of carbonyl (C=O) groups is 1. The summed E-state index contributed by atoms with van der Waals surface area (Å²) in [7, 11) is 0. The lowest BCUT2D eigenvalue weighted by molar-refractivity contribution is -0.132. The standard InChI is InChI=1S/C15H31N3O/c1-4-6-9-18(10-7-5-2)15(19)13-17-11-8-16-14(3)12-17/h14,16H,4-13H2,1-3H3. The Kier molecular flexibility index (Phi) is 8.07. The van der Waals surface area contributed by atoms with Crippen LogP contribution in [-0.2, 0) is 4.79 Å². The predicted molar refractivity (Wildman–Crippen MR) is 80.3 cm³/mol. The van der Waals surface area contributed by atoms with E-state index in [0.29, 0.717) is 18.5 Å². The number of hydrogen-bond donors (Lipinski definition) is 1. The third kappa shape index (κ3) is 6.39. The number of amides is 1. The number of nitrogens with zero attached hydrogens (tertiary/aromatic N) is 2. The zero-order chi connectivity index (χ0) is 14.1. The molecule has 1 atom stereocenters. The van der Waals surface area contributed by atoms with Gasteiger partial charge in [-0.05, 0) is 19.8 Å². The SMILES string of the molecule is CCCCN(CCCC)C(=O)CN1CCNC(C)C1. The molecule has 0 spiro atoms. The van der Waals surface area contributed by atoms with E-state index in [9.17, 15) is 4.79 Å². The lowest BCUT2D eigenvalue weighted by atomic mass is 10.2. The summed E-state index contributed by atoms with van der Waals surface area (Å²) in [5.41, 5.74) is 0. The highest BCUT2D eigenvalue weighted by Gasteiger charge is 2.20. The van der Waals surface area contributed by atoms with Crippen molar-refractivity contribution in [2.45, 2.75) is 52.5 Å². The van der Waals surface area contributed by atoms with Gasteiger partial charge in [0.05, 0.1) is 6.54 Å². The van der Waals surface area contributed by atoms with Crippen LogP contribution < -0.4 is 5.32 Å². The maximum Gasteiger partial charge on any atom is 0.236 e. The van der Waals surface area contributed by atoms with Crippen molar-refractivity contribution in [3.63, 3.8) is 0 Å². The van der Waals surface area contributed by atoms with Crippen LogP contribution in [0.15, 0.2) is 0 Å². The van der Waals surface area contributed by atoms with Gasteiger partial charge in [0, 0.05) is 38.8 Å². The summed E-state index contributed by atoms with van der Waals surface area (Å²) in [5.74, 6) is 0.316. The minimum atomic E-state index is 0.316. The highest BCUT2D eigenvalue weighted by Crippen LogP contribution is 2.04. The molecule has 0 saturated carbocycles. The lowest BCUT2D eigenvalue weighted by Gasteiger charge is -2.33. The number of carbonyl (C=O) groups excluding carboxylic acids is 1. The van der Waals surface area contributed by atoms with Crippen molar-refractivity contribution < 1.29 is 4.79 Å². The summed E-state index contributed by atoms with van der Waals surface area (Å²) in [5, 5.41) is 3.42. The third-order valence-corrected chi connectivity index (χ3v) is 3.73. The fourth-order valence-corrected chi connectivity index (χ4v) is 2.51. The van der Waals surface area contributed by atoms with E-state index >= 15 is 0 Å². The van der Waals surface area contributed by atoms with Gasteiger partial charge in [0.15, 0.2) is 0 Å². The second-order valence-corrected chi connectivity index (χ2v) is 5.68. The molecule has 0 aromatic heterocycles. The fraction of sp³-hybridized carbons (Fsp3) is 0.933. The Morgan fingerprint density at radius 1 is 1.26 bits per heavy atom. The number of hydrogen-bond acceptors (Lipinski definition) is 3. The molecule has 1 fully saturated rings. The van der Waals surface area contributed by atoms with Gasteiger partial charge in [-0.15, -0.1) is 0 Å². The normalized spacial score (nSPS) is 20.5. The first-order valence-corrected chi connectivity index (χ1v) is 7.90. The summed E-state index contributed by atoms with van der Waals surface area (Å²) in [4.78, 5) is 16.7. The van der Waals surface area contributed by atoms with E-state index in [1.165, 1.54) is 0 Å². The molecule has 1 aliphatic heterocycles. The van der Waals surface area contributed by atoms with Gasteiger partial charge < -0.3 is 10.2 Å². The molecule has 0 aromatic carbocycles. The molecule has 4 heteroatoms. The van der Waals surface area contributed by atoms with Crippen LogP contribution in [0.3, 0.4) is 0 Å². The van der Waals surface area contributed by atoms with Gasteiger partial charge >= 0.3 is 0 Å². The second kappa shape index (κ2) is 9.32. The van der Waals surface area contributed by atoms with Crippen molar-refractivity contribution in [1.29, 1.82) is 0 Å². The summed E-state index contributed by atoms with van der Waals surface area (Å²) >= 11 is 0. The van der Waals surface area contributed by atoms with Crippen LogP contribution >= 0.6 is 0 Å². The maximum absolute atomic E-state index is 12.4. The lowest BCUT2D eigenvalue weighted by Crippen LogP contribution is -2.52. The van der Waals surface area contributed by atoms with Crippen LogP contribution in [0.5, 0.6) is 0 Å². The summed E-state index contributed by atoms with van der Waals surface area (Å²) in [6, 6.07) is 0.501. The first-order chi connectivity index (χ1) is 9.17. The quantitative estimate of drug-likeness (QED) is 0.728. The predicted octanol–water partition coefficient (Wildman–Crippen LogP) is 1.71. The van der Waals surface area contributed by atoms with Crippen molar-refractivity contribution in [3.8, 4) is 0 Å². The van der Waals surface area contributed by atoms with Gasteiger partial charge in [0.1, 0.15) is 0 Å². The first kappa shape index (κ1) is 16.4. The Balaban J connectivity index is 2.40. The number of rotatable bonds is 8. The van der Waals surface area contributed by atoms with E-state index < -0.39 is 0 Å². The van der Waals surface area contributed by atoms with E-state index in [2.05, 4.69) is 35.9 Å². The van der Waals surface area contributed by atoms with Gasteiger partial charge in [-0.25, -0.2) is 0 Å². The smallest absolute Gasteiger partial charge is 0.236 e. The Morgan fingerprint density at radius 2 is 1.89 bits per heavy atom. The van der Waals surface area contributed by atoms with Gasteiger partial charge in [-0.1, -0.05) is 26.7 Å². The molecule has 1 aliphatic rings. The van der Waals surface area contributed by atoms with Gasteiger partial charge in [-0.3, -0.25) is 9.69 Å². The Hall–Kier alpha value is -0.610. The second-order valence-electron chi connectivity index (χ2n) is 5.68. The molecule has 0 aromatic rings. The van der Waals surface area contributed by atoms with E-state index in [1.807, 2.05) is 0 Å². The van der Waals surface area contributed by atoms with Crippen molar-refractivity contribution >= 4 is 5.91 Å². The Bertz CT molecular complexity index is 250. The molecule has 0 radical (unpaired) electrons. The highest BCUT2D eigenvalue weighted by molar-refractivity contribution is 5.78. The molecule has 4 nitrogen and oxygen atoms in total. The van der Waals surface area contributed by atoms with Crippen molar-refractivity contribution in [3.05, 3.63) is 0 Å². The summed E-state index contributed by atoms with van der Waals surface area (Å²) in [6.45, 7) is 12.0. The Morgan fingerprint density at radius 3 is 2.42 bits per heavy atom. The zero-order valence-corrected chi connectivity index (χ0v) is 13.0. The van der Waals surface area contributed by atoms with E-state index in [0.717, 1.165) is 58.4 Å². The molecule has 1 saturated heterocycles. The molecule has 1 amide bonds. The van der Waals surface area contributed by atoms with Crippen LogP contribution in [0.1, 0.15) is 46.5 Å². The first-order valence-electron chi connectivity index (χ1n) is 7.90. The monoisotopic (exact) mass is 269 g/mol. The average molecular weight is 269 g/mol. The van der Waals surface area contributed by atoms with E-state index in [4.69, 9.17) is 0 Å². The van der Waals surface area contributed by atoms with E-state index in [1.54, 1.807) is 0 Å². The summed E-state index contributed by atoms with van der Waals surface area (Å²) < 4.78 is 0. The third-order valence-electron chi connectivity index (χ3n) is 3.73. The highest BCUT2D eigenvalue weighted by atomic mass is 16.2. The van der Waals surface area contributed by atoms with Crippen LogP contribution in [0.4, 0.5) is 0 Å². The molecule has 19 heavy (non-hydrogen) atoms. The molecule has 1 rings (SSSR count). The van der Waals surface area contributed by atoms with Crippen LogP contribution in [-0.4, -0.2) is 61.0 Å². The summed E-state index contributed by atoms with van der Waals surface area (Å²) in [6.07, 6.45) is 4.54. The minimum absolute atomic E-state index is 0.316. The zero-order valence-electron chi connectivity index (χ0n) is 13.0. The molecule has 1 heterocycles. The molecule has 112 valence electrons. The van der Waals surface area contributed by atoms with Gasteiger partial charge in [0.25, 0.3) is 0 Å². The topological polar surface area (TPSA) is 35.6 Å². The molecule has 0 aliphatic carbocycles. The Labute approximate surface area is 118 Å². The van der Waals surface area contributed by atoms with Gasteiger partial charge in [0.2, 0.25) is 5.91 Å². The number of nitrogens with one attached hydrogen (secondary N) is 1. The minimum Gasteiger partial charge on any atom is -0.342 e. The van der Waals surface area contributed by atoms with Crippen LogP contribution in [0, 0.1) is 0 Å². The van der Waals surface area contributed by atoms with Crippen molar-refractivity contribution in [2.75, 3.05) is 39.3 Å². The molecule has 1 N–H and O–H groups in total. The van der Waals surface area contributed by atoms with Crippen LogP contribution in [0.2, 0.25) is 0 Å². The van der Waals surface area contributed by atoms with Gasteiger partial charge in [-0.2, -0.15) is 0 Å².